The molecule has 0 N–H and O–H groups in total. The van der Waals surface area contributed by atoms with E-state index in [1.165, 1.54) is 11.3 Å². The summed E-state index contributed by atoms with van der Waals surface area (Å²) in [6.07, 6.45) is 1.41. The number of hydrogen-bond acceptors (Lipinski definition) is 7. The van der Waals surface area contributed by atoms with Gasteiger partial charge in [-0.3, -0.25) is 0 Å². The molecule has 1 saturated heterocycles. The standard InChI is InChI=1S/C20H27N3O3S/c1-7-25-19(24)14-10(2)13-17(21-11(3)22-18(13)27-14)23(6)15-12-8-9-26-16(12)20(15,4)5/h12,15-16H,7-9H2,1-6H3. The molecule has 3 unspecified atom stereocenters. The molecule has 4 rings (SSSR count). The van der Waals surface area contributed by atoms with Crippen molar-refractivity contribution in [3.63, 3.8) is 0 Å². The van der Waals surface area contributed by atoms with Gasteiger partial charge in [0.15, 0.2) is 0 Å². The number of fused-ring (bicyclic) bond motifs is 2. The lowest BCUT2D eigenvalue weighted by atomic mass is 9.57. The van der Waals surface area contributed by atoms with E-state index in [1.54, 1.807) is 0 Å². The minimum Gasteiger partial charge on any atom is -0.462 e. The molecule has 2 aromatic rings. The molecule has 2 aliphatic rings. The summed E-state index contributed by atoms with van der Waals surface area (Å²) >= 11 is 1.40. The molecule has 6 nitrogen and oxygen atoms in total. The zero-order chi connectivity index (χ0) is 19.5. The van der Waals surface area contributed by atoms with E-state index in [1.807, 2.05) is 20.8 Å². The van der Waals surface area contributed by atoms with Gasteiger partial charge >= 0.3 is 5.97 Å². The van der Waals surface area contributed by atoms with Crippen molar-refractivity contribution in [1.29, 1.82) is 0 Å². The first-order valence-corrected chi connectivity index (χ1v) is 10.4. The second kappa shape index (κ2) is 6.41. The first kappa shape index (κ1) is 18.6. The van der Waals surface area contributed by atoms with E-state index in [4.69, 9.17) is 14.5 Å². The van der Waals surface area contributed by atoms with Crippen LogP contribution in [0.25, 0.3) is 10.2 Å². The highest BCUT2D eigenvalue weighted by Gasteiger charge is 2.61. The topological polar surface area (TPSA) is 64.5 Å². The number of ether oxygens (including phenoxy) is 2. The van der Waals surface area contributed by atoms with Crippen LogP contribution >= 0.6 is 11.3 Å². The summed E-state index contributed by atoms with van der Waals surface area (Å²) in [6, 6.07) is 0.354. The highest BCUT2D eigenvalue weighted by molar-refractivity contribution is 7.20. The van der Waals surface area contributed by atoms with Crippen molar-refractivity contribution in [3.05, 3.63) is 16.3 Å². The molecule has 0 radical (unpaired) electrons. The van der Waals surface area contributed by atoms with Crippen LogP contribution in [-0.4, -0.2) is 48.3 Å². The monoisotopic (exact) mass is 389 g/mol. The molecule has 0 amide bonds. The average molecular weight is 390 g/mol. The van der Waals surface area contributed by atoms with Crippen molar-refractivity contribution in [2.45, 2.75) is 53.2 Å². The average Bonchev–Trinajstić information content (AvgIpc) is 3.17. The van der Waals surface area contributed by atoms with E-state index in [-0.39, 0.29) is 11.4 Å². The molecule has 3 atom stereocenters. The van der Waals surface area contributed by atoms with E-state index < -0.39 is 0 Å². The van der Waals surface area contributed by atoms with Gasteiger partial charge in [0.25, 0.3) is 0 Å². The van der Waals surface area contributed by atoms with Crippen molar-refractivity contribution in [3.8, 4) is 0 Å². The number of aromatic nitrogens is 2. The van der Waals surface area contributed by atoms with Gasteiger partial charge in [-0.2, -0.15) is 0 Å². The largest absolute Gasteiger partial charge is 0.462 e. The minimum atomic E-state index is -0.280. The van der Waals surface area contributed by atoms with Crippen molar-refractivity contribution >= 4 is 33.3 Å². The predicted octanol–water partition coefficient (Wildman–Crippen LogP) is 3.73. The normalized spacial score (nSPS) is 25.9. The number of anilines is 1. The molecule has 1 aliphatic carbocycles. The van der Waals surface area contributed by atoms with Crippen molar-refractivity contribution in [1.82, 2.24) is 9.97 Å². The predicted molar refractivity (Wildman–Crippen MR) is 107 cm³/mol. The molecule has 0 aromatic carbocycles. The summed E-state index contributed by atoms with van der Waals surface area (Å²) in [5.74, 6) is 1.87. The maximum atomic E-state index is 12.4. The van der Waals surface area contributed by atoms with E-state index in [0.29, 0.717) is 29.5 Å². The summed E-state index contributed by atoms with van der Waals surface area (Å²) in [5.41, 5.74) is 0.973. The number of thiophene rings is 1. The Kier molecular flexibility index (Phi) is 4.42. The van der Waals surface area contributed by atoms with E-state index in [9.17, 15) is 4.79 Å². The molecule has 3 heterocycles. The quantitative estimate of drug-likeness (QED) is 0.743. The van der Waals surface area contributed by atoms with Crippen LogP contribution in [0.3, 0.4) is 0 Å². The van der Waals surface area contributed by atoms with Gasteiger partial charge in [0.2, 0.25) is 0 Å². The zero-order valence-corrected chi connectivity index (χ0v) is 17.6. The lowest BCUT2D eigenvalue weighted by molar-refractivity contribution is -0.101. The zero-order valence-electron chi connectivity index (χ0n) is 16.8. The summed E-state index contributed by atoms with van der Waals surface area (Å²) < 4.78 is 11.2. The molecule has 146 valence electrons. The summed E-state index contributed by atoms with van der Waals surface area (Å²) in [7, 11) is 2.11. The van der Waals surface area contributed by atoms with Crippen LogP contribution in [-0.2, 0) is 9.47 Å². The van der Waals surface area contributed by atoms with Gasteiger partial charge in [0.1, 0.15) is 21.3 Å². The third kappa shape index (κ3) is 2.66. The van der Waals surface area contributed by atoms with Crippen LogP contribution in [0, 0.1) is 25.2 Å². The Morgan fingerprint density at radius 2 is 2.11 bits per heavy atom. The molecule has 0 spiro atoms. The van der Waals surface area contributed by atoms with Gasteiger partial charge in [-0.15, -0.1) is 11.3 Å². The van der Waals surface area contributed by atoms with Crippen LogP contribution < -0.4 is 4.90 Å². The number of aryl methyl sites for hydroxylation is 2. The highest BCUT2D eigenvalue weighted by atomic mass is 32.1. The van der Waals surface area contributed by atoms with Gasteiger partial charge in [-0.25, -0.2) is 14.8 Å². The first-order chi connectivity index (χ1) is 12.8. The number of carbonyl (C=O) groups excluding carboxylic acids is 1. The molecule has 27 heavy (non-hydrogen) atoms. The van der Waals surface area contributed by atoms with Crippen LogP contribution in [0.2, 0.25) is 0 Å². The maximum Gasteiger partial charge on any atom is 0.348 e. The van der Waals surface area contributed by atoms with E-state index in [2.05, 4.69) is 30.8 Å². The van der Waals surface area contributed by atoms with Crippen molar-refractivity contribution in [2.24, 2.45) is 11.3 Å². The molecule has 2 aromatic heterocycles. The number of hydrogen-bond donors (Lipinski definition) is 0. The first-order valence-electron chi connectivity index (χ1n) is 9.56. The van der Waals surface area contributed by atoms with Crippen LogP contribution in [0.15, 0.2) is 0 Å². The van der Waals surface area contributed by atoms with Crippen molar-refractivity contribution < 1.29 is 14.3 Å². The molecular formula is C20H27N3O3S. The molecule has 1 saturated carbocycles. The van der Waals surface area contributed by atoms with E-state index >= 15 is 0 Å². The fourth-order valence-corrected chi connectivity index (χ4v) is 6.20. The van der Waals surface area contributed by atoms with Crippen LogP contribution in [0.5, 0.6) is 0 Å². The van der Waals surface area contributed by atoms with Gasteiger partial charge < -0.3 is 14.4 Å². The molecule has 2 fully saturated rings. The SMILES string of the molecule is CCOC(=O)c1sc2nc(C)nc(N(C)C3C4CCOC4C3(C)C)c2c1C. The Morgan fingerprint density at radius 3 is 2.81 bits per heavy atom. The third-order valence-electron chi connectivity index (χ3n) is 6.13. The fraction of sp³-hybridized carbons (Fsp3) is 0.650. The lowest BCUT2D eigenvalue weighted by Crippen LogP contribution is -2.66. The number of carbonyl (C=O) groups is 1. The van der Waals surface area contributed by atoms with Gasteiger partial charge in [-0.1, -0.05) is 13.8 Å². The fourth-order valence-electron chi connectivity index (χ4n) is 5.08. The Bertz CT molecular complexity index is 907. The van der Waals surface area contributed by atoms with Gasteiger partial charge in [-0.05, 0) is 32.8 Å². The summed E-state index contributed by atoms with van der Waals surface area (Å²) in [5, 5.41) is 0.967. The minimum absolute atomic E-state index is 0.0645. The second-order valence-corrected chi connectivity index (χ2v) is 9.17. The third-order valence-corrected chi connectivity index (χ3v) is 7.30. The van der Waals surface area contributed by atoms with Crippen LogP contribution in [0.1, 0.15) is 48.3 Å². The molecule has 7 heteroatoms. The smallest absolute Gasteiger partial charge is 0.348 e. The second-order valence-electron chi connectivity index (χ2n) is 8.17. The van der Waals surface area contributed by atoms with Gasteiger partial charge in [0.05, 0.1) is 18.1 Å². The Morgan fingerprint density at radius 1 is 1.37 bits per heavy atom. The molecule has 1 aliphatic heterocycles. The Labute approximate surface area is 163 Å². The summed E-state index contributed by atoms with van der Waals surface area (Å²) in [4.78, 5) is 25.5. The lowest BCUT2D eigenvalue weighted by Gasteiger charge is -2.58. The van der Waals surface area contributed by atoms with Crippen LogP contribution in [0.4, 0.5) is 5.82 Å². The molecule has 0 bridgehead atoms. The number of rotatable bonds is 4. The Balaban J connectivity index is 1.80. The number of esters is 1. The molecular weight excluding hydrogens is 362 g/mol. The Hall–Kier alpha value is -1.73. The summed E-state index contributed by atoms with van der Waals surface area (Å²) in [6.45, 7) is 11.4. The maximum absolute atomic E-state index is 12.4. The van der Waals surface area contributed by atoms with E-state index in [0.717, 1.165) is 40.5 Å². The van der Waals surface area contributed by atoms with Gasteiger partial charge in [0, 0.05) is 31.0 Å². The highest BCUT2D eigenvalue weighted by Crippen LogP contribution is 2.55. The number of nitrogens with zero attached hydrogens (tertiary/aromatic N) is 3. The van der Waals surface area contributed by atoms with Crippen molar-refractivity contribution in [2.75, 3.05) is 25.2 Å².